The minimum atomic E-state index is -0.410. The molecule has 25 heavy (non-hydrogen) atoms. The second kappa shape index (κ2) is 6.67. The van der Waals surface area contributed by atoms with Crippen LogP contribution in [-0.4, -0.2) is 5.91 Å². The summed E-state index contributed by atoms with van der Waals surface area (Å²) in [6, 6.07) is 13.1. The van der Waals surface area contributed by atoms with E-state index in [0.717, 1.165) is 33.4 Å². The van der Waals surface area contributed by atoms with Crippen molar-refractivity contribution >= 4 is 23.1 Å². The van der Waals surface area contributed by atoms with E-state index < -0.39 is 5.91 Å². The van der Waals surface area contributed by atoms with Gasteiger partial charge in [0.1, 0.15) is 5.82 Å². The number of amides is 1. The van der Waals surface area contributed by atoms with Gasteiger partial charge >= 0.3 is 0 Å². The van der Waals surface area contributed by atoms with Gasteiger partial charge in [0.15, 0.2) is 0 Å². The maximum absolute atomic E-state index is 13.7. The highest BCUT2D eigenvalue weighted by Gasteiger charge is 2.25. The zero-order chi connectivity index (χ0) is 18.1. The summed E-state index contributed by atoms with van der Waals surface area (Å²) in [5.74, 6) is -0.233. The number of allylic oxidation sites excluding steroid dienone is 2. The van der Waals surface area contributed by atoms with Crippen molar-refractivity contribution < 1.29 is 9.18 Å². The summed E-state index contributed by atoms with van der Waals surface area (Å²) in [7, 11) is 0. The largest absolute Gasteiger partial charge is 0.369 e. The number of carbonyl (C=O) groups is 1. The van der Waals surface area contributed by atoms with Crippen LogP contribution in [0.15, 0.2) is 48.0 Å². The van der Waals surface area contributed by atoms with Gasteiger partial charge in [-0.15, -0.1) is 0 Å². The molecule has 3 rings (SSSR count). The quantitative estimate of drug-likeness (QED) is 0.825. The SMILES string of the molecule is CC1=C(CC(N)=O)c2cc(F)ccc2/C1=C/c1ccc(C(C)C)cc1. The molecule has 0 atom stereocenters. The standard InChI is InChI=1S/C22H22FNO/c1-13(2)16-6-4-15(5-7-16)10-19-14(3)20(12-22(24)25)21-11-17(23)8-9-18(19)21/h4-11,13H,12H2,1-3H3,(H2,24,25)/b19-10+. The molecule has 0 bridgehead atoms. The van der Waals surface area contributed by atoms with E-state index in [4.69, 9.17) is 5.73 Å². The van der Waals surface area contributed by atoms with Crippen molar-refractivity contribution in [3.63, 3.8) is 0 Å². The molecular formula is C22H22FNO. The van der Waals surface area contributed by atoms with E-state index in [1.54, 1.807) is 6.07 Å². The monoisotopic (exact) mass is 335 g/mol. The molecule has 1 aliphatic rings. The lowest BCUT2D eigenvalue weighted by Gasteiger charge is -2.07. The van der Waals surface area contributed by atoms with Gasteiger partial charge in [-0.25, -0.2) is 4.39 Å². The molecule has 0 spiro atoms. The van der Waals surface area contributed by atoms with E-state index in [-0.39, 0.29) is 12.2 Å². The maximum atomic E-state index is 13.7. The van der Waals surface area contributed by atoms with Crippen molar-refractivity contribution in [1.29, 1.82) is 0 Å². The number of hydrogen-bond donors (Lipinski definition) is 1. The molecule has 3 heteroatoms. The molecule has 1 amide bonds. The Hall–Kier alpha value is -2.68. The molecule has 0 saturated carbocycles. The van der Waals surface area contributed by atoms with Crippen molar-refractivity contribution in [3.05, 3.63) is 76.1 Å². The number of nitrogens with two attached hydrogens (primary N) is 1. The van der Waals surface area contributed by atoms with Gasteiger partial charge in [-0.05, 0) is 70.0 Å². The molecular weight excluding hydrogens is 313 g/mol. The number of fused-ring (bicyclic) bond motifs is 1. The fraction of sp³-hybridized carbons (Fsp3) is 0.227. The van der Waals surface area contributed by atoms with Crippen LogP contribution in [0.25, 0.3) is 17.2 Å². The maximum Gasteiger partial charge on any atom is 0.221 e. The van der Waals surface area contributed by atoms with Gasteiger partial charge in [0.05, 0.1) is 6.42 Å². The lowest BCUT2D eigenvalue weighted by molar-refractivity contribution is -0.117. The fourth-order valence-electron chi connectivity index (χ4n) is 3.30. The Bertz CT molecular complexity index is 889. The van der Waals surface area contributed by atoms with Gasteiger partial charge < -0.3 is 5.73 Å². The zero-order valence-corrected chi connectivity index (χ0v) is 14.8. The Morgan fingerprint density at radius 2 is 1.80 bits per heavy atom. The number of rotatable bonds is 4. The molecule has 0 radical (unpaired) electrons. The molecule has 2 aromatic rings. The van der Waals surface area contributed by atoms with Gasteiger partial charge in [0.25, 0.3) is 0 Å². The third-order valence-electron chi connectivity index (χ3n) is 4.72. The number of hydrogen-bond acceptors (Lipinski definition) is 1. The highest BCUT2D eigenvalue weighted by atomic mass is 19.1. The van der Waals surface area contributed by atoms with Gasteiger partial charge in [-0.1, -0.05) is 44.2 Å². The number of primary amides is 1. The van der Waals surface area contributed by atoms with Crippen LogP contribution in [-0.2, 0) is 4.79 Å². The van der Waals surface area contributed by atoms with Crippen LogP contribution in [0.2, 0.25) is 0 Å². The first-order valence-corrected chi connectivity index (χ1v) is 8.47. The Morgan fingerprint density at radius 3 is 2.40 bits per heavy atom. The molecule has 1 aliphatic carbocycles. The number of carbonyl (C=O) groups excluding carboxylic acids is 1. The summed E-state index contributed by atoms with van der Waals surface area (Å²) in [4.78, 5) is 11.4. The molecule has 0 aliphatic heterocycles. The summed E-state index contributed by atoms with van der Waals surface area (Å²) in [6.07, 6.45) is 2.20. The van der Waals surface area contributed by atoms with Crippen molar-refractivity contribution in [2.24, 2.45) is 5.73 Å². The predicted octanol–water partition coefficient (Wildman–Crippen LogP) is 5.15. The molecule has 0 unspecified atom stereocenters. The molecule has 0 heterocycles. The van der Waals surface area contributed by atoms with Crippen molar-refractivity contribution in [3.8, 4) is 0 Å². The van der Waals surface area contributed by atoms with Gasteiger partial charge in [-0.2, -0.15) is 0 Å². The Balaban J connectivity index is 2.09. The number of benzene rings is 2. The highest BCUT2D eigenvalue weighted by molar-refractivity contribution is 6.08. The summed E-state index contributed by atoms with van der Waals surface area (Å²) in [5, 5.41) is 0. The van der Waals surface area contributed by atoms with Crippen LogP contribution in [0.5, 0.6) is 0 Å². The average Bonchev–Trinajstić information content (AvgIpc) is 2.80. The van der Waals surface area contributed by atoms with E-state index in [0.29, 0.717) is 5.92 Å². The van der Waals surface area contributed by atoms with Gasteiger partial charge in [-0.3, -0.25) is 4.79 Å². The fourth-order valence-corrected chi connectivity index (χ4v) is 3.30. The predicted molar refractivity (Wildman–Crippen MR) is 101 cm³/mol. The molecule has 0 fully saturated rings. The van der Waals surface area contributed by atoms with Crippen molar-refractivity contribution in [2.45, 2.75) is 33.1 Å². The zero-order valence-electron chi connectivity index (χ0n) is 14.8. The van der Waals surface area contributed by atoms with Crippen LogP contribution in [0.1, 0.15) is 55.4 Å². The van der Waals surface area contributed by atoms with Crippen LogP contribution in [0.4, 0.5) is 4.39 Å². The second-order valence-electron chi connectivity index (χ2n) is 6.82. The molecule has 2 nitrogen and oxygen atoms in total. The molecule has 0 aromatic heterocycles. The lowest BCUT2D eigenvalue weighted by Crippen LogP contribution is -2.10. The Morgan fingerprint density at radius 1 is 1.12 bits per heavy atom. The first-order chi connectivity index (χ1) is 11.9. The third kappa shape index (κ3) is 3.41. The van der Waals surface area contributed by atoms with E-state index in [9.17, 15) is 9.18 Å². The van der Waals surface area contributed by atoms with Crippen molar-refractivity contribution in [2.75, 3.05) is 0 Å². The van der Waals surface area contributed by atoms with Crippen LogP contribution < -0.4 is 5.73 Å². The first-order valence-electron chi connectivity index (χ1n) is 8.47. The summed E-state index contributed by atoms with van der Waals surface area (Å²) >= 11 is 0. The molecule has 128 valence electrons. The van der Waals surface area contributed by atoms with E-state index in [1.165, 1.54) is 17.7 Å². The van der Waals surface area contributed by atoms with E-state index in [1.807, 2.05) is 6.92 Å². The summed E-state index contributed by atoms with van der Waals surface area (Å²) in [5.41, 5.74) is 12.3. The minimum absolute atomic E-state index is 0.117. The normalized spacial score (nSPS) is 15.2. The molecule has 0 saturated heterocycles. The van der Waals surface area contributed by atoms with Crippen molar-refractivity contribution in [1.82, 2.24) is 0 Å². The molecule has 2 aromatic carbocycles. The van der Waals surface area contributed by atoms with Gasteiger partial charge in [0, 0.05) is 0 Å². The van der Waals surface area contributed by atoms with Gasteiger partial charge in [0.2, 0.25) is 5.91 Å². The van der Waals surface area contributed by atoms with E-state index >= 15 is 0 Å². The van der Waals surface area contributed by atoms with Crippen LogP contribution >= 0.6 is 0 Å². The third-order valence-corrected chi connectivity index (χ3v) is 4.72. The average molecular weight is 335 g/mol. The Kier molecular flexibility index (Phi) is 4.58. The van der Waals surface area contributed by atoms with Crippen LogP contribution in [0.3, 0.4) is 0 Å². The topological polar surface area (TPSA) is 43.1 Å². The second-order valence-corrected chi connectivity index (χ2v) is 6.82. The highest BCUT2D eigenvalue weighted by Crippen LogP contribution is 2.43. The molecule has 2 N–H and O–H groups in total. The Labute approximate surface area is 147 Å². The van der Waals surface area contributed by atoms with E-state index in [2.05, 4.69) is 44.2 Å². The van der Waals surface area contributed by atoms with Crippen LogP contribution in [0, 0.1) is 5.82 Å². The summed E-state index contributed by atoms with van der Waals surface area (Å²) < 4.78 is 13.7. The minimum Gasteiger partial charge on any atom is -0.369 e. The first kappa shape index (κ1) is 17.2. The lowest BCUT2D eigenvalue weighted by atomic mass is 9.98. The number of halogens is 1. The smallest absolute Gasteiger partial charge is 0.221 e. The summed E-state index contributed by atoms with van der Waals surface area (Å²) in [6.45, 7) is 6.29.